The summed E-state index contributed by atoms with van der Waals surface area (Å²) >= 11 is 1.72. The van der Waals surface area contributed by atoms with E-state index in [1.165, 1.54) is 22.8 Å². The Morgan fingerprint density at radius 2 is 1.88 bits per heavy atom. The molecule has 3 aromatic rings. The molecule has 0 saturated carbocycles. The predicted octanol–water partition coefficient (Wildman–Crippen LogP) is 3.56. The Hall–Kier alpha value is -2.73. The van der Waals surface area contributed by atoms with Crippen LogP contribution < -0.4 is 10.6 Å². The molecular formula is C18H18N4OS. The lowest BCUT2D eigenvalue weighted by atomic mass is 10.2. The standard InChI is InChI=1S/C18H18N4OS/c1-13-8-10-24-16(13)7-9-19-17(23)14-11-20-18(21-12-14)22-15-5-3-2-4-6-15/h2-6,8,10-12H,7,9H2,1H3,(H,19,23)(H,20,21,22). The maximum atomic E-state index is 12.1. The molecule has 0 spiro atoms. The van der Waals surface area contributed by atoms with Crippen molar-refractivity contribution in [3.8, 4) is 0 Å². The van der Waals surface area contributed by atoms with Gasteiger partial charge < -0.3 is 10.6 Å². The van der Waals surface area contributed by atoms with Gasteiger partial charge in [0.2, 0.25) is 5.95 Å². The van der Waals surface area contributed by atoms with Crippen LogP contribution in [0.1, 0.15) is 20.8 Å². The Morgan fingerprint density at radius 3 is 2.54 bits per heavy atom. The average Bonchev–Trinajstić information content (AvgIpc) is 3.01. The third kappa shape index (κ3) is 4.17. The summed E-state index contributed by atoms with van der Waals surface area (Å²) in [7, 11) is 0. The first-order chi connectivity index (χ1) is 11.7. The lowest BCUT2D eigenvalue weighted by Crippen LogP contribution is -2.26. The van der Waals surface area contributed by atoms with Crippen molar-refractivity contribution in [2.24, 2.45) is 0 Å². The number of hydrogen-bond acceptors (Lipinski definition) is 5. The summed E-state index contributed by atoms with van der Waals surface area (Å²) in [5.41, 5.74) is 2.63. The number of para-hydroxylation sites is 1. The lowest BCUT2D eigenvalue weighted by molar-refractivity contribution is 0.0953. The molecule has 0 aliphatic carbocycles. The van der Waals surface area contributed by atoms with Crippen LogP contribution in [0, 0.1) is 6.92 Å². The topological polar surface area (TPSA) is 66.9 Å². The fraction of sp³-hybridized carbons (Fsp3) is 0.167. The van der Waals surface area contributed by atoms with Crippen LogP contribution in [0.25, 0.3) is 0 Å². The number of anilines is 2. The third-order valence-electron chi connectivity index (χ3n) is 3.55. The van der Waals surface area contributed by atoms with Crippen LogP contribution >= 0.6 is 11.3 Å². The van der Waals surface area contributed by atoms with Crippen LogP contribution in [0.5, 0.6) is 0 Å². The van der Waals surface area contributed by atoms with Crippen LogP contribution in [0.15, 0.2) is 54.2 Å². The predicted molar refractivity (Wildman–Crippen MR) is 96.8 cm³/mol. The van der Waals surface area contributed by atoms with E-state index in [-0.39, 0.29) is 5.91 Å². The number of aryl methyl sites for hydroxylation is 1. The number of carbonyl (C=O) groups is 1. The highest BCUT2D eigenvalue weighted by Crippen LogP contribution is 2.15. The van der Waals surface area contributed by atoms with Crippen molar-refractivity contribution in [2.45, 2.75) is 13.3 Å². The number of benzene rings is 1. The zero-order valence-corrected chi connectivity index (χ0v) is 14.1. The molecule has 5 nitrogen and oxygen atoms in total. The smallest absolute Gasteiger partial charge is 0.254 e. The molecule has 3 rings (SSSR count). The van der Waals surface area contributed by atoms with Gasteiger partial charge in [-0.1, -0.05) is 18.2 Å². The summed E-state index contributed by atoms with van der Waals surface area (Å²) in [5.74, 6) is 0.308. The zero-order valence-electron chi connectivity index (χ0n) is 13.3. The molecule has 0 aliphatic heterocycles. The van der Waals surface area contributed by atoms with Gasteiger partial charge in [0, 0.05) is 29.5 Å². The number of nitrogens with zero attached hydrogens (tertiary/aromatic N) is 2. The molecule has 2 aromatic heterocycles. The van der Waals surface area contributed by atoms with Gasteiger partial charge in [-0.25, -0.2) is 9.97 Å². The minimum Gasteiger partial charge on any atom is -0.352 e. The normalized spacial score (nSPS) is 10.4. The van der Waals surface area contributed by atoms with Gasteiger partial charge in [0.05, 0.1) is 5.56 Å². The van der Waals surface area contributed by atoms with Gasteiger partial charge in [-0.2, -0.15) is 0 Å². The monoisotopic (exact) mass is 338 g/mol. The maximum absolute atomic E-state index is 12.1. The highest BCUT2D eigenvalue weighted by molar-refractivity contribution is 7.10. The minimum absolute atomic E-state index is 0.157. The zero-order chi connectivity index (χ0) is 16.8. The number of aromatic nitrogens is 2. The highest BCUT2D eigenvalue weighted by atomic mass is 32.1. The quantitative estimate of drug-likeness (QED) is 0.721. The second kappa shape index (κ2) is 7.70. The van der Waals surface area contributed by atoms with E-state index in [9.17, 15) is 4.79 Å². The maximum Gasteiger partial charge on any atom is 0.254 e. The van der Waals surface area contributed by atoms with Gasteiger partial charge in [-0.05, 0) is 42.5 Å². The van der Waals surface area contributed by atoms with Gasteiger partial charge in [0.15, 0.2) is 0 Å². The second-order valence-electron chi connectivity index (χ2n) is 5.32. The van der Waals surface area contributed by atoms with Crippen molar-refractivity contribution < 1.29 is 4.79 Å². The molecule has 0 unspecified atom stereocenters. The van der Waals surface area contributed by atoms with Crippen molar-refractivity contribution >= 4 is 28.9 Å². The largest absolute Gasteiger partial charge is 0.352 e. The Balaban J connectivity index is 1.53. The Labute approximate surface area is 144 Å². The van der Waals surface area contributed by atoms with Crippen molar-refractivity contribution in [3.63, 3.8) is 0 Å². The van der Waals surface area contributed by atoms with Gasteiger partial charge in [0.1, 0.15) is 0 Å². The van der Waals surface area contributed by atoms with E-state index in [0.717, 1.165) is 12.1 Å². The molecule has 0 saturated heterocycles. The minimum atomic E-state index is -0.157. The van der Waals surface area contributed by atoms with Crippen LogP contribution in [0.3, 0.4) is 0 Å². The molecule has 0 radical (unpaired) electrons. The molecule has 122 valence electrons. The summed E-state index contributed by atoms with van der Waals surface area (Å²) in [5, 5.41) is 8.05. The Bertz CT molecular complexity index is 799. The number of rotatable bonds is 6. The van der Waals surface area contributed by atoms with E-state index in [4.69, 9.17) is 0 Å². The van der Waals surface area contributed by atoms with Crippen LogP contribution in [-0.4, -0.2) is 22.4 Å². The van der Waals surface area contributed by atoms with Gasteiger partial charge in [0.25, 0.3) is 5.91 Å². The molecule has 0 fully saturated rings. The summed E-state index contributed by atoms with van der Waals surface area (Å²) in [6, 6.07) is 11.7. The molecule has 1 amide bonds. The number of amides is 1. The molecule has 2 heterocycles. The number of hydrogen-bond donors (Lipinski definition) is 2. The number of carbonyl (C=O) groups excluding carboxylic acids is 1. The fourth-order valence-electron chi connectivity index (χ4n) is 2.21. The van der Waals surface area contributed by atoms with E-state index < -0.39 is 0 Å². The third-order valence-corrected chi connectivity index (χ3v) is 4.63. The molecule has 6 heteroatoms. The average molecular weight is 338 g/mol. The molecular weight excluding hydrogens is 320 g/mol. The first-order valence-corrected chi connectivity index (χ1v) is 8.55. The molecule has 24 heavy (non-hydrogen) atoms. The molecule has 0 bridgehead atoms. The number of thiophene rings is 1. The Morgan fingerprint density at radius 1 is 1.12 bits per heavy atom. The van der Waals surface area contributed by atoms with E-state index >= 15 is 0 Å². The molecule has 0 aliphatic rings. The fourth-order valence-corrected chi connectivity index (χ4v) is 3.12. The van der Waals surface area contributed by atoms with Crippen LogP contribution in [-0.2, 0) is 6.42 Å². The molecule has 1 aromatic carbocycles. The summed E-state index contributed by atoms with van der Waals surface area (Å²) in [4.78, 5) is 21.8. The summed E-state index contributed by atoms with van der Waals surface area (Å²) < 4.78 is 0. The Kier molecular flexibility index (Phi) is 5.18. The first kappa shape index (κ1) is 16.1. The molecule has 0 atom stereocenters. The lowest BCUT2D eigenvalue weighted by Gasteiger charge is -2.06. The first-order valence-electron chi connectivity index (χ1n) is 7.67. The van der Waals surface area contributed by atoms with Crippen LogP contribution in [0.2, 0.25) is 0 Å². The van der Waals surface area contributed by atoms with Crippen LogP contribution in [0.4, 0.5) is 11.6 Å². The van der Waals surface area contributed by atoms with Gasteiger partial charge in [-0.15, -0.1) is 11.3 Å². The molecule has 2 N–H and O–H groups in total. The summed E-state index contributed by atoms with van der Waals surface area (Å²) in [6.45, 7) is 2.68. The SMILES string of the molecule is Cc1ccsc1CCNC(=O)c1cnc(Nc2ccccc2)nc1. The second-order valence-corrected chi connectivity index (χ2v) is 6.32. The number of nitrogens with one attached hydrogen (secondary N) is 2. The van der Waals surface area contributed by atoms with E-state index in [1.54, 1.807) is 11.3 Å². The van der Waals surface area contributed by atoms with Crippen molar-refractivity contribution in [1.82, 2.24) is 15.3 Å². The van der Waals surface area contributed by atoms with E-state index in [0.29, 0.717) is 18.1 Å². The van der Waals surface area contributed by atoms with E-state index in [1.807, 2.05) is 30.3 Å². The highest BCUT2D eigenvalue weighted by Gasteiger charge is 2.07. The van der Waals surface area contributed by atoms with Gasteiger partial charge in [-0.3, -0.25) is 4.79 Å². The van der Waals surface area contributed by atoms with Gasteiger partial charge >= 0.3 is 0 Å². The summed E-state index contributed by atoms with van der Waals surface area (Å²) in [6.07, 6.45) is 3.90. The van der Waals surface area contributed by atoms with Crippen molar-refractivity contribution in [2.75, 3.05) is 11.9 Å². The van der Waals surface area contributed by atoms with Crippen molar-refractivity contribution in [1.29, 1.82) is 0 Å². The van der Waals surface area contributed by atoms with Crippen molar-refractivity contribution in [3.05, 3.63) is 70.2 Å². The van der Waals surface area contributed by atoms with E-state index in [2.05, 4.69) is 39.0 Å².